The fourth-order valence-electron chi connectivity index (χ4n) is 9.58. The van der Waals surface area contributed by atoms with Crippen molar-refractivity contribution in [1.29, 1.82) is 0 Å². The molecular formula is C46H52N4O5. The Kier molecular flexibility index (Phi) is 10.6. The number of piperazine rings is 1. The van der Waals surface area contributed by atoms with Crippen LogP contribution >= 0.6 is 0 Å². The van der Waals surface area contributed by atoms with Gasteiger partial charge in [-0.05, 0) is 135 Å². The van der Waals surface area contributed by atoms with E-state index in [2.05, 4.69) is 95.7 Å². The summed E-state index contributed by atoms with van der Waals surface area (Å²) in [6, 6.07) is 31.6. The van der Waals surface area contributed by atoms with Gasteiger partial charge in [0.15, 0.2) is 0 Å². The highest BCUT2D eigenvalue weighted by molar-refractivity contribution is 6.05. The number of anilines is 1. The summed E-state index contributed by atoms with van der Waals surface area (Å²) in [5.74, 6) is 1.06. The van der Waals surface area contributed by atoms with Crippen LogP contribution in [0.5, 0.6) is 11.5 Å². The fourth-order valence-corrected chi connectivity index (χ4v) is 9.58. The van der Waals surface area contributed by atoms with Crippen molar-refractivity contribution in [1.82, 2.24) is 15.1 Å². The third kappa shape index (κ3) is 7.72. The van der Waals surface area contributed by atoms with Gasteiger partial charge in [0.1, 0.15) is 17.5 Å². The summed E-state index contributed by atoms with van der Waals surface area (Å²) < 4.78 is 6.22. The number of hydrogen-bond donors (Lipinski definition) is 2. The molecule has 1 aliphatic carbocycles. The monoisotopic (exact) mass is 740 g/mol. The summed E-state index contributed by atoms with van der Waals surface area (Å²) in [4.78, 5) is 44.0. The fraction of sp³-hybridized carbons (Fsp3) is 0.413. The third-order valence-corrected chi connectivity index (χ3v) is 12.4. The molecular weight excluding hydrogens is 689 g/mol. The maximum Gasteiger partial charge on any atom is 0.255 e. The van der Waals surface area contributed by atoms with Crippen LogP contribution in [0.1, 0.15) is 102 Å². The van der Waals surface area contributed by atoms with Crippen molar-refractivity contribution in [2.45, 2.75) is 95.3 Å². The third-order valence-electron chi connectivity index (χ3n) is 12.4. The van der Waals surface area contributed by atoms with Crippen LogP contribution in [0.2, 0.25) is 0 Å². The van der Waals surface area contributed by atoms with E-state index >= 15 is 0 Å². The van der Waals surface area contributed by atoms with Gasteiger partial charge in [0.2, 0.25) is 11.8 Å². The largest absolute Gasteiger partial charge is 0.508 e. The van der Waals surface area contributed by atoms with E-state index in [-0.39, 0.29) is 30.1 Å². The first-order valence-corrected chi connectivity index (χ1v) is 20.1. The number of benzene rings is 4. The first-order valence-electron chi connectivity index (χ1n) is 20.1. The van der Waals surface area contributed by atoms with E-state index < -0.39 is 6.04 Å². The molecule has 3 heterocycles. The van der Waals surface area contributed by atoms with Gasteiger partial charge in [-0.15, -0.1) is 0 Å². The van der Waals surface area contributed by atoms with Gasteiger partial charge < -0.3 is 19.6 Å². The van der Waals surface area contributed by atoms with E-state index in [1.807, 2.05) is 24.3 Å². The number of phenols is 1. The maximum atomic E-state index is 13.2. The highest BCUT2D eigenvalue weighted by Crippen LogP contribution is 2.47. The van der Waals surface area contributed by atoms with Crippen LogP contribution in [-0.2, 0) is 22.6 Å². The zero-order valence-corrected chi connectivity index (χ0v) is 32.0. The lowest BCUT2D eigenvalue weighted by atomic mass is 9.69. The smallest absolute Gasteiger partial charge is 0.255 e. The molecule has 9 heteroatoms. The minimum absolute atomic E-state index is 0.132. The topological polar surface area (TPSA) is 102 Å². The molecule has 4 aromatic rings. The molecule has 2 saturated heterocycles. The first-order chi connectivity index (χ1) is 26.7. The number of aromatic hydroxyl groups is 1. The van der Waals surface area contributed by atoms with E-state index in [1.165, 1.54) is 22.3 Å². The summed E-state index contributed by atoms with van der Waals surface area (Å²) >= 11 is 0. The second-order valence-electron chi connectivity index (χ2n) is 16.0. The molecule has 9 nitrogen and oxygen atoms in total. The number of unbranched alkanes of at least 4 members (excludes halogenated alkanes) is 2. The summed E-state index contributed by atoms with van der Waals surface area (Å²) in [5, 5.41) is 12.6. The Morgan fingerprint density at radius 1 is 0.782 bits per heavy atom. The van der Waals surface area contributed by atoms with Crippen molar-refractivity contribution in [2.75, 3.05) is 31.1 Å². The highest BCUT2D eigenvalue weighted by Gasteiger charge is 2.40. The quantitative estimate of drug-likeness (QED) is 0.124. The van der Waals surface area contributed by atoms with Crippen LogP contribution in [0.15, 0.2) is 91.0 Å². The molecule has 3 aliphatic heterocycles. The number of phenolic OH excluding ortho intramolecular Hbond substituents is 1. The van der Waals surface area contributed by atoms with Crippen molar-refractivity contribution in [2.24, 2.45) is 0 Å². The minimum atomic E-state index is -0.597. The Hall–Kier alpha value is -5.15. The number of ether oxygens (including phenoxy) is 1. The molecule has 0 spiro atoms. The first kappa shape index (κ1) is 36.8. The van der Waals surface area contributed by atoms with Gasteiger partial charge in [0.05, 0.1) is 6.61 Å². The standard InChI is InChI=1S/C46H52N4O5/c1-30-27-48(36-14-19-41-35(25-36)29-50(46(41)54)42-21-22-43(52)47-45(42)53)28-31(2)49(30)23-7-4-8-24-55-38-16-11-33(12-17-38)44-39(32-9-5-3-6-10-32)18-13-34-26-37(51)15-20-40(34)44/h3,5-6,9-12,14-17,19-20,25-26,30-31,39,42,44,51H,4,7-8,13,18,21-24,27-29H2,1-2H3,(H,47,52,53)/t30-,31+,39-,42?,44+/m1/s1. The molecule has 55 heavy (non-hydrogen) atoms. The maximum absolute atomic E-state index is 13.2. The number of piperidine rings is 1. The number of hydrogen-bond acceptors (Lipinski definition) is 7. The number of aryl methyl sites for hydroxylation is 1. The molecule has 1 unspecified atom stereocenters. The van der Waals surface area contributed by atoms with E-state index in [1.54, 1.807) is 4.90 Å². The average Bonchev–Trinajstić information content (AvgIpc) is 3.51. The lowest BCUT2D eigenvalue weighted by Crippen LogP contribution is -2.57. The summed E-state index contributed by atoms with van der Waals surface area (Å²) in [6.45, 7) is 8.56. The van der Waals surface area contributed by atoms with Crippen LogP contribution in [0.4, 0.5) is 5.69 Å². The van der Waals surface area contributed by atoms with Gasteiger partial charge in [-0.1, -0.05) is 48.5 Å². The molecule has 8 rings (SSSR count). The van der Waals surface area contributed by atoms with Crippen molar-refractivity contribution >= 4 is 23.4 Å². The molecule has 5 atom stereocenters. The normalized spacial score (nSPS) is 24.0. The van der Waals surface area contributed by atoms with Gasteiger partial charge in [0, 0.05) is 55.3 Å². The molecule has 0 aromatic heterocycles. The minimum Gasteiger partial charge on any atom is -0.508 e. The summed E-state index contributed by atoms with van der Waals surface area (Å²) in [7, 11) is 0. The second kappa shape index (κ2) is 15.9. The number of imide groups is 1. The second-order valence-corrected chi connectivity index (χ2v) is 16.0. The number of nitrogens with zero attached hydrogens (tertiary/aromatic N) is 3. The number of nitrogens with one attached hydrogen (secondary N) is 1. The lowest BCUT2D eigenvalue weighted by molar-refractivity contribution is -0.136. The molecule has 0 saturated carbocycles. The zero-order chi connectivity index (χ0) is 38.1. The van der Waals surface area contributed by atoms with E-state index in [9.17, 15) is 19.5 Å². The van der Waals surface area contributed by atoms with Gasteiger partial charge in [0.25, 0.3) is 5.91 Å². The van der Waals surface area contributed by atoms with Gasteiger partial charge in [-0.25, -0.2) is 0 Å². The molecule has 286 valence electrons. The predicted molar refractivity (Wildman–Crippen MR) is 214 cm³/mol. The van der Waals surface area contributed by atoms with Crippen molar-refractivity contribution < 1.29 is 24.2 Å². The Morgan fingerprint density at radius 2 is 1.56 bits per heavy atom. The SMILES string of the molecule is C[C@@H]1CN(c2ccc3c(c2)CN(C2CCC(=O)NC2=O)C3=O)C[C@H](C)N1CCCCCOc1ccc([C@@H]2c3ccc(O)cc3CC[C@@H]2c2ccccc2)cc1. The number of rotatable bonds is 11. The molecule has 0 radical (unpaired) electrons. The Bertz CT molecular complexity index is 2020. The van der Waals surface area contributed by atoms with Crippen LogP contribution in [0.25, 0.3) is 0 Å². The van der Waals surface area contributed by atoms with Crippen LogP contribution in [0.3, 0.4) is 0 Å². The predicted octanol–water partition coefficient (Wildman–Crippen LogP) is 7.16. The molecule has 4 aromatic carbocycles. The highest BCUT2D eigenvalue weighted by atomic mass is 16.5. The van der Waals surface area contributed by atoms with Crippen LogP contribution in [-0.4, -0.2) is 77.0 Å². The van der Waals surface area contributed by atoms with Gasteiger partial charge >= 0.3 is 0 Å². The molecule has 2 N–H and O–H groups in total. The van der Waals surface area contributed by atoms with Gasteiger partial charge in [-0.3, -0.25) is 24.6 Å². The average molecular weight is 741 g/mol. The van der Waals surface area contributed by atoms with E-state index in [0.717, 1.165) is 68.7 Å². The van der Waals surface area contributed by atoms with E-state index in [4.69, 9.17) is 4.74 Å². The van der Waals surface area contributed by atoms with Crippen LogP contribution < -0.4 is 15.0 Å². The van der Waals surface area contributed by atoms with Crippen molar-refractivity contribution in [3.8, 4) is 11.5 Å². The lowest BCUT2D eigenvalue weighted by Gasteiger charge is -2.45. The molecule has 3 amide bonds. The molecule has 0 bridgehead atoms. The van der Waals surface area contributed by atoms with Crippen molar-refractivity contribution in [3.05, 3.63) is 124 Å². The number of amides is 3. The Morgan fingerprint density at radius 3 is 2.33 bits per heavy atom. The number of fused-ring (bicyclic) bond motifs is 2. The molecule has 4 aliphatic rings. The zero-order valence-electron chi connectivity index (χ0n) is 32.0. The van der Waals surface area contributed by atoms with Crippen LogP contribution in [0, 0.1) is 0 Å². The summed E-state index contributed by atoms with van der Waals surface area (Å²) in [6.07, 6.45) is 5.86. The number of carbonyl (C=O) groups excluding carboxylic acids is 3. The van der Waals surface area contributed by atoms with E-state index in [0.29, 0.717) is 48.9 Å². The summed E-state index contributed by atoms with van der Waals surface area (Å²) in [5.41, 5.74) is 7.89. The van der Waals surface area contributed by atoms with Gasteiger partial charge in [-0.2, -0.15) is 0 Å². The Balaban J connectivity index is 0.803. The number of carbonyl (C=O) groups is 3. The van der Waals surface area contributed by atoms with Crippen molar-refractivity contribution in [3.63, 3.8) is 0 Å². The molecule has 2 fully saturated rings. The Labute approximate surface area is 324 Å².